The molecular weight excluding hydrogens is 350 g/mol. The van der Waals surface area contributed by atoms with Gasteiger partial charge >= 0.3 is 0 Å². The van der Waals surface area contributed by atoms with Crippen molar-refractivity contribution in [3.05, 3.63) is 59.9 Å². The van der Waals surface area contributed by atoms with Crippen LogP contribution in [0.25, 0.3) is 0 Å². The fraction of sp³-hybridized carbons (Fsp3) is 0.478. The van der Waals surface area contributed by atoms with Crippen LogP contribution in [0, 0.1) is 0 Å². The van der Waals surface area contributed by atoms with E-state index >= 15 is 0 Å². The molecule has 0 radical (unpaired) electrons. The van der Waals surface area contributed by atoms with Gasteiger partial charge in [-0.25, -0.2) is 0 Å². The van der Waals surface area contributed by atoms with Gasteiger partial charge in [-0.1, -0.05) is 12.1 Å². The number of rotatable bonds is 5. The second kappa shape index (κ2) is 8.31. The summed E-state index contributed by atoms with van der Waals surface area (Å²) in [5.74, 6) is 1.20. The maximum atomic E-state index is 12.7. The van der Waals surface area contributed by atoms with Crippen LogP contribution in [0.2, 0.25) is 0 Å². The van der Waals surface area contributed by atoms with Crippen LogP contribution in [-0.2, 0) is 17.9 Å². The van der Waals surface area contributed by atoms with Crippen LogP contribution in [0.4, 0.5) is 0 Å². The minimum atomic E-state index is 0.0228. The highest BCUT2D eigenvalue weighted by Gasteiger charge is 2.45. The van der Waals surface area contributed by atoms with Gasteiger partial charge in [-0.3, -0.25) is 14.7 Å². The van der Waals surface area contributed by atoms with Crippen molar-refractivity contribution in [1.29, 1.82) is 0 Å². The van der Waals surface area contributed by atoms with Gasteiger partial charge in [0.2, 0.25) is 5.91 Å². The van der Waals surface area contributed by atoms with E-state index in [1.165, 1.54) is 11.1 Å². The minimum Gasteiger partial charge on any atom is -0.497 e. The van der Waals surface area contributed by atoms with E-state index in [1.807, 2.05) is 36.7 Å². The number of benzene rings is 1. The smallest absolute Gasteiger partial charge is 0.223 e. The highest BCUT2D eigenvalue weighted by atomic mass is 16.5. The molecule has 5 heteroatoms. The van der Waals surface area contributed by atoms with E-state index in [1.54, 1.807) is 7.11 Å². The van der Waals surface area contributed by atoms with Gasteiger partial charge in [0.05, 0.1) is 7.11 Å². The van der Waals surface area contributed by atoms with Crippen molar-refractivity contribution in [1.82, 2.24) is 14.8 Å². The standard InChI is InChI=1S/C23H29N3O2/c1-28-21-5-3-19(4-6-21)17-25-15-2-10-23(12-16-25)11-7-22(27)26(23)18-20-8-13-24-14-9-20/h3-6,8-9,13-14H,2,7,10-12,15-18H2,1H3/t23-/m1/s1. The highest BCUT2D eigenvalue weighted by Crippen LogP contribution is 2.40. The molecule has 2 aliphatic rings. The van der Waals surface area contributed by atoms with Gasteiger partial charge in [0.15, 0.2) is 0 Å². The molecule has 0 N–H and O–H groups in total. The predicted octanol–water partition coefficient (Wildman–Crippen LogP) is 3.64. The summed E-state index contributed by atoms with van der Waals surface area (Å²) < 4.78 is 5.26. The lowest BCUT2D eigenvalue weighted by Crippen LogP contribution is -2.45. The number of hydrogen-bond donors (Lipinski definition) is 0. The van der Waals surface area contributed by atoms with Gasteiger partial charge in [-0.05, 0) is 67.6 Å². The van der Waals surface area contributed by atoms with E-state index in [0.29, 0.717) is 18.9 Å². The number of hydrogen-bond acceptors (Lipinski definition) is 4. The van der Waals surface area contributed by atoms with Gasteiger partial charge in [0.1, 0.15) is 5.75 Å². The van der Waals surface area contributed by atoms with Gasteiger partial charge in [-0.15, -0.1) is 0 Å². The Labute approximate surface area is 167 Å². The number of pyridine rings is 1. The molecule has 2 fully saturated rings. The van der Waals surface area contributed by atoms with Crippen LogP contribution in [0.5, 0.6) is 5.75 Å². The monoisotopic (exact) mass is 379 g/mol. The minimum absolute atomic E-state index is 0.0228. The molecule has 1 amide bonds. The van der Waals surface area contributed by atoms with Crippen molar-refractivity contribution in [3.8, 4) is 5.75 Å². The molecular formula is C23H29N3O2. The van der Waals surface area contributed by atoms with Crippen molar-refractivity contribution in [2.45, 2.75) is 50.7 Å². The zero-order valence-electron chi connectivity index (χ0n) is 16.6. The molecule has 0 aliphatic carbocycles. The molecule has 1 spiro atoms. The van der Waals surface area contributed by atoms with Crippen molar-refractivity contribution in [2.75, 3.05) is 20.2 Å². The molecule has 1 atom stereocenters. The third-order valence-electron chi connectivity index (χ3n) is 6.34. The number of likely N-dealkylation sites (tertiary alicyclic amines) is 2. The first-order valence-electron chi connectivity index (χ1n) is 10.2. The van der Waals surface area contributed by atoms with Gasteiger partial charge in [-0.2, -0.15) is 0 Å². The summed E-state index contributed by atoms with van der Waals surface area (Å²) in [6, 6.07) is 12.4. The molecule has 2 saturated heterocycles. The maximum Gasteiger partial charge on any atom is 0.223 e. The zero-order chi connectivity index (χ0) is 19.4. The summed E-state index contributed by atoms with van der Waals surface area (Å²) in [7, 11) is 1.70. The lowest BCUT2D eigenvalue weighted by atomic mass is 9.87. The van der Waals surface area contributed by atoms with E-state index in [9.17, 15) is 4.79 Å². The summed E-state index contributed by atoms with van der Waals surface area (Å²) in [5, 5.41) is 0. The second-order valence-electron chi connectivity index (χ2n) is 8.04. The van der Waals surface area contributed by atoms with Crippen molar-refractivity contribution in [3.63, 3.8) is 0 Å². The molecule has 4 rings (SSSR count). The molecule has 1 aromatic carbocycles. The van der Waals surface area contributed by atoms with Crippen molar-refractivity contribution in [2.24, 2.45) is 0 Å². The number of methoxy groups -OCH3 is 1. The largest absolute Gasteiger partial charge is 0.497 e. The number of carbonyl (C=O) groups excluding carboxylic acids is 1. The van der Waals surface area contributed by atoms with Gasteiger partial charge in [0, 0.05) is 44.0 Å². The first kappa shape index (κ1) is 18.9. The summed E-state index contributed by atoms with van der Waals surface area (Å²) in [6.07, 6.45) is 8.59. The molecule has 148 valence electrons. The average molecular weight is 380 g/mol. The fourth-order valence-electron chi connectivity index (χ4n) is 4.70. The Hall–Kier alpha value is -2.40. The van der Waals surface area contributed by atoms with Crippen LogP contribution < -0.4 is 4.74 Å². The quantitative estimate of drug-likeness (QED) is 0.796. The van der Waals surface area contributed by atoms with E-state index in [4.69, 9.17) is 4.74 Å². The number of nitrogens with zero attached hydrogens (tertiary/aromatic N) is 3. The van der Waals surface area contributed by atoms with E-state index < -0.39 is 0 Å². The Kier molecular flexibility index (Phi) is 5.62. The zero-order valence-corrected chi connectivity index (χ0v) is 16.6. The topological polar surface area (TPSA) is 45.7 Å². The third-order valence-corrected chi connectivity index (χ3v) is 6.34. The lowest BCUT2D eigenvalue weighted by Gasteiger charge is -2.38. The van der Waals surface area contributed by atoms with E-state index in [-0.39, 0.29) is 5.54 Å². The van der Waals surface area contributed by atoms with Gasteiger partial charge < -0.3 is 9.64 Å². The predicted molar refractivity (Wildman–Crippen MR) is 109 cm³/mol. The molecule has 28 heavy (non-hydrogen) atoms. The maximum absolute atomic E-state index is 12.7. The molecule has 2 aliphatic heterocycles. The molecule has 0 saturated carbocycles. The fourth-order valence-corrected chi connectivity index (χ4v) is 4.70. The third kappa shape index (κ3) is 4.04. The molecule has 1 aromatic heterocycles. The lowest BCUT2D eigenvalue weighted by molar-refractivity contribution is -0.132. The van der Waals surface area contributed by atoms with Crippen LogP contribution >= 0.6 is 0 Å². The average Bonchev–Trinajstić information content (AvgIpc) is 2.90. The number of carbonyl (C=O) groups is 1. The Balaban J connectivity index is 1.43. The van der Waals surface area contributed by atoms with Crippen LogP contribution in [0.1, 0.15) is 43.2 Å². The summed E-state index contributed by atoms with van der Waals surface area (Å²) in [4.78, 5) is 21.5. The van der Waals surface area contributed by atoms with Crippen molar-refractivity contribution >= 4 is 5.91 Å². The first-order valence-corrected chi connectivity index (χ1v) is 10.2. The SMILES string of the molecule is COc1ccc(CN2CCC[C@@]3(CCC(=O)N3Cc3ccncc3)CC2)cc1. The summed E-state index contributed by atoms with van der Waals surface area (Å²) in [6.45, 7) is 3.79. The first-order chi connectivity index (χ1) is 13.7. The molecule has 0 unspecified atom stereocenters. The molecule has 0 bridgehead atoms. The summed E-state index contributed by atoms with van der Waals surface area (Å²) in [5.41, 5.74) is 2.51. The van der Waals surface area contributed by atoms with Crippen molar-refractivity contribution < 1.29 is 9.53 Å². The number of amides is 1. The van der Waals surface area contributed by atoms with Gasteiger partial charge in [0.25, 0.3) is 0 Å². The Morgan fingerprint density at radius 2 is 1.71 bits per heavy atom. The van der Waals surface area contributed by atoms with Crippen LogP contribution in [-0.4, -0.2) is 46.4 Å². The van der Waals surface area contributed by atoms with E-state index in [2.05, 4.69) is 26.9 Å². The summed E-state index contributed by atoms with van der Waals surface area (Å²) >= 11 is 0. The van der Waals surface area contributed by atoms with Crippen LogP contribution in [0.3, 0.4) is 0 Å². The Bertz CT molecular complexity index is 793. The normalized spacial score (nSPS) is 23.2. The van der Waals surface area contributed by atoms with Crippen LogP contribution in [0.15, 0.2) is 48.8 Å². The molecule has 2 aromatic rings. The number of aromatic nitrogens is 1. The molecule has 3 heterocycles. The molecule has 5 nitrogen and oxygen atoms in total. The van der Waals surface area contributed by atoms with E-state index in [0.717, 1.165) is 51.1 Å². The Morgan fingerprint density at radius 1 is 0.964 bits per heavy atom. The second-order valence-corrected chi connectivity index (χ2v) is 8.04. The highest BCUT2D eigenvalue weighted by molar-refractivity contribution is 5.79. The number of ether oxygens (including phenoxy) is 1. The Morgan fingerprint density at radius 3 is 2.46 bits per heavy atom.